The fraction of sp³-hybridized carbons (Fsp3) is 0.970. The van der Waals surface area contributed by atoms with Crippen LogP contribution in [0.4, 0.5) is 0 Å². The summed E-state index contributed by atoms with van der Waals surface area (Å²) in [5.41, 5.74) is 0. The molecule has 0 saturated heterocycles. The molecule has 0 aliphatic carbocycles. The van der Waals surface area contributed by atoms with Gasteiger partial charge in [0, 0.05) is 6.42 Å². The Morgan fingerprint density at radius 1 is 0.149 bits per heavy atom. The average Bonchev–Trinajstić information content (AvgIpc) is 3.43. The molecule has 0 unspecified atom stereocenters. The van der Waals surface area contributed by atoms with Crippen molar-refractivity contribution < 1.29 is 4.79 Å². The van der Waals surface area contributed by atoms with Crippen molar-refractivity contribution in [2.24, 2.45) is 0 Å². The highest BCUT2D eigenvalue weighted by Crippen LogP contribution is 2.06. The predicted octanol–water partition coefficient (Wildman–Crippen LogP) is 43.0. The van der Waals surface area contributed by atoms with E-state index in [1.54, 1.807) is 0 Å². The molecule has 0 atom stereocenters. The van der Waals surface area contributed by atoms with E-state index in [2.05, 4.69) is 0 Å². The van der Waals surface area contributed by atoms with Gasteiger partial charge in [-0.05, 0) is 6.92 Å². The van der Waals surface area contributed by atoms with Crippen LogP contribution in [0.1, 0.15) is 13.3 Å². The molecule has 0 aliphatic rings. The van der Waals surface area contributed by atoms with E-state index in [4.69, 9.17) is 696 Å². The zero-order valence-corrected chi connectivity index (χ0v) is 91.7. The van der Waals surface area contributed by atoms with Gasteiger partial charge < -0.3 is 0 Å². The summed E-state index contributed by atoms with van der Waals surface area (Å²) < 4.78 is 0. The molecule has 0 rings (SSSR count). The molecule has 0 aromatic heterocycles. The highest BCUT2D eigenvalue weighted by molar-refractivity contribution is 6.49. The molecule has 61 heteroatoms. The Labute approximate surface area is 864 Å². The molecule has 0 spiro atoms. The summed E-state index contributed by atoms with van der Waals surface area (Å²) >= 11 is 287. The fourth-order valence-electron chi connectivity index (χ4n) is 0.217. The quantitative estimate of drug-likeness (QED) is 0.252. The van der Waals surface area contributed by atoms with Gasteiger partial charge in [0.05, 0.1) is 155 Å². The Kier molecular flexibility index (Phi) is 1010. The highest BCUT2D eigenvalue weighted by Gasteiger charge is 2.00. The molecule has 0 fully saturated rings. The summed E-state index contributed by atoms with van der Waals surface area (Å²) in [7, 11) is 0. The standard InChI is InChI=1S/C4H6Cl2O.29CH2Cl2/c1-3(7)2-4(5)6;29*2-1-3/h4H,2H2,1H3;29*1H2. The van der Waals surface area contributed by atoms with Gasteiger partial charge in [-0.15, -0.1) is 696 Å². The molecular weight excluding hydrogens is 2540 g/mol. The van der Waals surface area contributed by atoms with Gasteiger partial charge >= 0.3 is 0 Å². The molecule has 0 heterocycles. The van der Waals surface area contributed by atoms with Gasteiger partial charge in [-0.3, -0.25) is 4.79 Å². The lowest BCUT2D eigenvalue weighted by Gasteiger charge is -1.90. The van der Waals surface area contributed by atoms with Gasteiger partial charge in [0.2, 0.25) is 0 Å². The Bertz CT molecular complexity index is 361. The van der Waals surface area contributed by atoms with Crippen LogP contribution < -0.4 is 0 Å². The van der Waals surface area contributed by atoms with Gasteiger partial charge in [0.1, 0.15) is 10.6 Å². The lowest BCUT2D eigenvalue weighted by Crippen LogP contribution is -1.95. The second-order valence-corrected chi connectivity index (χ2v) is 28.9. The number of carbonyl (C=O) groups excluding carboxylic acids is 1. The Balaban J connectivity index is -0.0000000161. The van der Waals surface area contributed by atoms with Crippen molar-refractivity contribution in [3.05, 3.63) is 0 Å². The van der Waals surface area contributed by atoms with E-state index in [1.807, 2.05) is 0 Å². The molecule has 1 nitrogen and oxygen atoms in total. The molecular formula is C33H64Cl60O. The third-order valence-corrected chi connectivity index (χ3v) is 0.750. The third kappa shape index (κ3) is 2870. The summed E-state index contributed by atoms with van der Waals surface area (Å²) in [6.07, 6.45) is 0.253. The smallest absolute Gasteiger partial charge is 0.132 e. The second kappa shape index (κ2) is 465. The minimum absolute atomic E-state index is 0.0231. The van der Waals surface area contributed by atoms with Crippen LogP contribution in [0.3, 0.4) is 0 Å². The monoisotopic (exact) mass is 2570 g/mol. The van der Waals surface area contributed by atoms with Crippen LogP contribution >= 0.6 is 696 Å². The van der Waals surface area contributed by atoms with E-state index in [-0.39, 0.29) is 167 Å². The molecule has 0 N–H and O–H groups in total. The van der Waals surface area contributed by atoms with Gasteiger partial charge in [0.25, 0.3) is 0 Å². The first kappa shape index (κ1) is 205. The van der Waals surface area contributed by atoms with Crippen LogP contribution in [0.2, 0.25) is 0 Å². The lowest BCUT2D eigenvalue weighted by molar-refractivity contribution is -0.116. The van der Waals surface area contributed by atoms with E-state index in [9.17, 15) is 4.79 Å². The van der Waals surface area contributed by atoms with Gasteiger partial charge in [0.15, 0.2) is 0 Å². The van der Waals surface area contributed by atoms with Gasteiger partial charge in [-0.1, -0.05) is 0 Å². The van der Waals surface area contributed by atoms with Crippen molar-refractivity contribution in [3.63, 3.8) is 0 Å². The average molecular weight is 2600 g/mol. The Morgan fingerprint density at radius 3 is 0.181 bits per heavy atom. The molecule has 0 aromatic carbocycles. The number of halogens is 60. The number of ketones is 1. The van der Waals surface area contributed by atoms with Crippen molar-refractivity contribution in [2.45, 2.75) is 18.2 Å². The van der Waals surface area contributed by atoms with Crippen molar-refractivity contribution in [1.82, 2.24) is 0 Å². The fourth-order valence-corrected chi connectivity index (χ4v) is 0.652. The largest absolute Gasteiger partial charge is 0.300 e. The summed E-state index contributed by atoms with van der Waals surface area (Å²) in [4.78, 5) is 9.56. The number of hydrogen-bond acceptors (Lipinski definition) is 1. The van der Waals surface area contributed by atoms with Crippen LogP contribution in [-0.2, 0) is 4.79 Å². The van der Waals surface area contributed by atoms with Crippen molar-refractivity contribution in [2.75, 3.05) is 155 Å². The van der Waals surface area contributed by atoms with E-state index in [0.717, 1.165) is 0 Å². The maximum Gasteiger partial charge on any atom is 0.132 e. The van der Waals surface area contributed by atoms with Crippen molar-refractivity contribution in [3.8, 4) is 0 Å². The predicted molar refractivity (Wildman–Crippen MR) is 511 cm³/mol. The molecule has 94 heavy (non-hydrogen) atoms. The molecule has 622 valence electrons. The van der Waals surface area contributed by atoms with E-state index < -0.39 is 4.84 Å². The van der Waals surface area contributed by atoms with Crippen LogP contribution in [-0.4, -0.2) is 165 Å². The van der Waals surface area contributed by atoms with Crippen molar-refractivity contribution in [1.29, 1.82) is 0 Å². The highest BCUT2D eigenvalue weighted by atomic mass is 35.6. The summed E-state index contributed by atoms with van der Waals surface area (Å²) in [5, 5.41) is 5.64. The number of carbonyl (C=O) groups is 1. The van der Waals surface area contributed by atoms with Crippen LogP contribution in [0, 0.1) is 0 Å². The normalized spacial score (nSPS) is 6.28. The summed E-state index contributed by atoms with van der Waals surface area (Å²) in [6.45, 7) is 1.46. The molecule has 0 radical (unpaired) electrons. The Hall–Kier alpha value is 17.1. The zero-order valence-electron chi connectivity index (χ0n) is 46.4. The number of rotatable bonds is 2. The zero-order chi connectivity index (χ0) is 84.4. The summed E-state index contributed by atoms with van der Waals surface area (Å²) in [5.74, 6) is 0.0231. The Morgan fingerprint density at radius 2 is 0.181 bits per heavy atom. The van der Waals surface area contributed by atoms with Crippen LogP contribution in [0.5, 0.6) is 0 Å². The van der Waals surface area contributed by atoms with E-state index >= 15 is 0 Å². The van der Waals surface area contributed by atoms with Crippen LogP contribution in [0.25, 0.3) is 0 Å². The number of hydrogen-bond donors (Lipinski definition) is 0. The second-order valence-electron chi connectivity index (χ2n) is 4.23. The summed E-state index contributed by atoms with van der Waals surface area (Å²) in [6, 6.07) is 0. The third-order valence-electron chi connectivity index (χ3n) is 0.442. The van der Waals surface area contributed by atoms with Gasteiger partial charge in [-0.25, -0.2) is 0 Å². The maximum atomic E-state index is 10.1. The molecule has 0 amide bonds. The SMILES string of the molecule is CC(=O)CC(Cl)Cl.ClCCl.ClCCl.ClCCl.ClCCl.ClCCl.ClCCl.ClCCl.ClCCl.ClCCl.ClCCl.ClCCl.ClCCl.ClCCl.ClCCl.ClCCl.ClCCl.ClCCl.ClCCl.ClCCl.ClCCl.ClCCl.ClCCl.ClCCl.ClCCl.ClCCl.ClCCl.ClCCl.ClCCl.ClCCl. The van der Waals surface area contributed by atoms with Crippen LogP contribution in [0.15, 0.2) is 0 Å². The lowest BCUT2D eigenvalue weighted by atomic mass is 10.4. The molecule has 0 aliphatic heterocycles. The number of Topliss-reactive ketones (excluding diaryl/α,β-unsaturated/α-hetero) is 1. The molecule has 0 bridgehead atoms. The van der Waals surface area contributed by atoms with E-state index in [1.165, 1.54) is 6.92 Å². The first-order valence-corrected chi connectivity index (χ1v) is 49.3. The number of alkyl halides is 60. The molecule has 0 saturated carbocycles. The topological polar surface area (TPSA) is 17.1 Å². The first-order chi connectivity index (χ1) is 44.1. The molecule has 0 aromatic rings. The maximum absolute atomic E-state index is 10.1. The van der Waals surface area contributed by atoms with Crippen molar-refractivity contribution >= 4 is 702 Å². The first-order valence-electron chi connectivity index (χ1n) is 17.4. The minimum Gasteiger partial charge on any atom is -0.300 e. The van der Waals surface area contributed by atoms with E-state index in [0.29, 0.717) is 0 Å². The van der Waals surface area contributed by atoms with Gasteiger partial charge in [-0.2, -0.15) is 0 Å². The minimum atomic E-state index is -0.530.